The molecule has 0 radical (unpaired) electrons. The number of carbonyl (C=O) groups is 2. The van der Waals surface area contributed by atoms with E-state index in [1.807, 2.05) is 30.3 Å². The molecule has 1 aromatic carbocycles. The molecule has 0 spiro atoms. The molecule has 1 saturated heterocycles. The van der Waals surface area contributed by atoms with Crippen molar-refractivity contribution in [2.75, 3.05) is 13.2 Å². The van der Waals surface area contributed by atoms with E-state index in [1.165, 1.54) is 16.7 Å². The van der Waals surface area contributed by atoms with Gasteiger partial charge >= 0.3 is 5.97 Å². The monoisotopic (exact) mass is 462 g/mol. The number of nitrogens with zero attached hydrogens (tertiary/aromatic N) is 2. The maximum absolute atomic E-state index is 12.6. The van der Waals surface area contributed by atoms with Gasteiger partial charge in [0.15, 0.2) is 12.1 Å². The molecular weight excluding hydrogens is 447 g/mol. The maximum atomic E-state index is 12.6. The Morgan fingerprint density at radius 3 is 2.64 bits per heavy atom. The van der Waals surface area contributed by atoms with Crippen LogP contribution < -0.4 is 4.74 Å². The third kappa shape index (κ3) is 4.76. The third-order valence-electron chi connectivity index (χ3n) is 4.04. The van der Waals surface area contributed by atoms with Gasteiger partial charge in [-0.15, -0.1) is 0 Å². The van der Waals surface area contributed by atoms with Gasteiger partial charge in [-0.2, -0.15) is 0 Å². The van der Waals surface area contributed by atoms with Crippen LogP contribution in [-0.4, -0.2) is 56.3 Å². The lowest BCUT2D eigenvalue weighted by Gasteiger charge is -2.45. The lowest BCUT2D eigenvalue weighted by Crippen LogP contribution is -2.66. The predicted molar refractivity (Wildman–Crippen MR) is 111 cm³/mol. The number of likely N-dealkylation sites (tertiary alicyclic amines) is 1. The smallest absolute Gasteiger partial charge is 0.333 e. The average molecular weight is 464 g/mol. The summed E-state index contributed by atoms with van der Waals surface area (Å²) in [6.45, 7) is 5.27. The highest BCUT2D eigenvalue weighted by Gasteiger charge is 2.56. The number of para-hydroxylation sites is 1. The molecule has 2 aliphatic rings. The Bertz CT molecular complexity index is 813. The van der Waals surface area contributed by atoms with Crippen molar-refractivity contribution in [1.29, 1.82) is 0 Å². The number of fused-ring (bicyclic) bond motifs is 1. The van der Waals surface area contributed by atoms with E-state index in [-0.39, 0.29) is 17.9 Å². The number of alkyl halides is 3. The van der Waals surface area contributed by atoms with Crippen LogP contribution in [0.25, 0.3) is 0 Å². The van der Waals surface area contributed by atoms with Crippen LogP contribution in [0.3, 0.4) is 0 Å². The van der Waals surface area contributed by atoms with E-state index in [0.717, 1.165) is 0 Å². The molecule has 1 aromatic rings. The van der Waals surface area contributed by atoms with Gasteiger partial charge in [0.05, 0.1) is 0 Å². The lowest BCUT2D eigenvalue weighted by molar-refractivity contribution is -0.160. The van der Waals surface area contributed by atoms with Gasteiger partial charge in [0.2, 0.25) is 3.79 Å². The molecule has 3 rings (SSSR count). The molecule has 2 heterocycles. The quantitative estimate of drug-likeness (QED) is 0.267. The highest BCUT2D eigenvalue weighted by atomic mass is 35.6. The van der Waals surface area contributed by atoms with Crippen molar-refractivity contribution in [3.8, 4) is 5.75 Å². The van der Waals surface area contributed by atoms with Crippen LogP contribution in [0, 0.1) is 0 Å². The molecule has 3 atom stereocenters. The second-order valence-electron chi connectivity index (χ2n) is 6.30. The number of hydrogen-bond acceptors (Lipinski definition) is 6. The molecule has 6 nitrogen and oxygen atoms in total. The van der Waals surface area contributed by atoms with Gasteiger partial charge < -0.3 is 14.4 Å². The average Bonchev–Trinajstić information content (AvgIpc) is 3.01. The largest absolute Gasteiger partial charge is 0.487 e. The molecule has 150 valence electrons. The summed E-state index contributed by atoms with van der Waals surface area (Å²) in [5.74, 6) is -0.255. The zero-order valence-electron chi connectivity index (χ0n) is 14.8. The molecular formula is C18H17Cl3N2O4S. The van der Waals surface area contributed by atoms with Crippen molar-refractivity contribution >= 4 is 63.5 Å². The summed E-state index contributed by atoms with van der Waals surface area (Å²) >= 11 is 18.3. The SMILES string of the molecule is C=C(C)[C@H](C(=O)OCC(Cl)(Cl)Cl)N1C(=O)[C@H]2N=C(COc3ccccc3)S[C@H]21. The fourth-order valence-corrected chi connectivity index (χ4v) is 4.22. The third-order valence-corrected chi connectivity index (χ3v) is 5.59. The van der Waals surface area contributed by atoms with Crippen molar-refractivity contribution in [1.82, 2.24) is 4.90 Å². The van der Waals surface area contributed by atoms with Gasteiger partial charge in [-0.05, 0) is 24.6 Å². The van der Waals surface area contributed by atoms with Gasteiger partial charge in [-0.1, -0.05) is 71.3 Å². The number of thioether (sulfide) groups is 1. The summed E-state index contributed by atoms with van der Waals surface area (Å²) in [7, 11) is 0. The van der Waals surface area contributed by atoms with Crippen molar-refractivity contribution in [3.63, 3.8) is 0 Å². The maximum Gasteiger partial charge on any atom is 0.333 e. The second-order valence-corrected chi connectivity index (χ2v) is 10.0. The molecule has 0 unspecified atom stereocenters. The summed E-state index contributed by atoms with van der Waals surface area (Å²) in [6.07, 6.45) is 0. The van der Waals surface area contributed by atoms with Crippen molar-refractivity contribution in [3.05, 3.63) is 42.5 Å². The van der Waals surface area contributed by atoms with Crippen LogP contribution >= 0.6 is 46.6 Å². The van der Waals surface area contributed by atoms with Crippen LogP contribution in [0.1, 0.15) is 6.92 Å². The number of hydrogen-bond donors (Lipinski definition) is 0. The standard InChI is InChI=1S/C18H17Cl3N2O4S/c1-10(2)14(17(25)27-9-18(19,20)21)23-15(24)13-16(23)28-12(22-13)8-26-11-6-4-3-5-7-11/h3-7,13-14,16H,1,8-9H2,2H3/t13-,14-,16-/m1/s1. The van der Waals surface area contributed by atoms with Gasteiger partial charge in [0.1, 0.15) is 29.4 Å². The fourth-order valence-electron chi connectivity index (χ4n) is 2.83. The van der Waals surface area contributed by atoms with Crippen LogP contribution in [-0.2, 0) is 14.3 Å². The van der Waals surface area contributed by atoms with E-state index >= 15 is 0 Å². The Balaban J connectivity index is 1.62. The second kappa shape index (κ2) is 8.53. The van der Waals surface area contributed by atoms with Gasteiger partial charge in [0.25, 0.3) is 5.91 Å². The molecule has 1 amide bonds. The highest BCUT2D eigenvalue weighted by Crippen LogP contribution is 2.41. The van der Waals surface area contributed by atoms with E-state index in [2.05, 4.69) is 11.6 Å². The molecule has 0 N–H and O–H groups in total. The minimum atomic E-state index is -1.73. The van der Waals surface area contributed by atoms with Crippen LogP contribution in [0.2, 0.25) is 0 Å². The molecule has 1 fully saturated rings. The minimum absolute atomic E-state index is 0.248. The van der Waals surface area contributed by atoms with E-state index in [9.17, 15) is 9.59 Å². The topological polar surface area (TPSA) is 68.2 Å². The van der Waals surface area contributed by atoms with E-state index in [0.29, 0.717) is 16.4 Å². The molecule has 28 heavy (non-hydrogen) atoms. The molecule has 0 bridgehead atoms. The number of carbonyl (C=O) groups excluding carboxylic acids is 2. The number of ether oxygens (including phenoxy) is 2. The highest BCUT2D eigenvalue weighted by molar-refractivity contribution is 8.15. The van der Waals surface area contributed by atoms with E-state index in [4.69, 9.17) is 44.3 Å². The number of β-lactam (4-membered cyclic amide) rings is 1. The molecule has 0 saturated carbocycles. The Morgan fingerprint density at radius 2 is 2.04 bits per heavy atom. The minimum Gasteiger partial charge on any atom is -0.487 e. The number of aliphatic imine (C=N–C) groups is 1. The zero-order valence-corrected chi connectivity index (χ0v) is 17.9. The summed E-state index contributed by atoms with van der Waals surface area (Å²) in [6, 6.07) is 7.81. The first-order chi connectivity index (χ1) is 13.2. The van der Waals surface area contributed by atoms with Crippen LogP contribution in [0.15, 0.2) is 47.5 Å². The number of amides is 1. The Labute approximate surface area is 181 Å². The Kier molecular flexibility index (Phi) is 6.49. The van der Waals surface area contributed by atoms with E-state index < -0.39 is 28.5 Å². The van der Waals surface area contributed by atoms with Gasteiger partial charge in [-0.3, -0.25) is 9.79 Å². The Morgan fingerprint density at radius 1 is 1.36 bits per heavy atom. The van der Waals surface area contributed by atoms with E-state index in [1.54, 1.807) is 6.92 Å². The fraction of sp³-hybridized carbons (Fsp3) is 0.389. The van der Waals surface area contributed by atoms with Crippen molar-refractivity contribution < 1.29 is 19.1 Å². The zero-order chi connectivity index (χ0) is 20.5. The number of halogens is 3. The molecule has 0 aromatic heterocycles. The summed E-state index contributed by atoms with van der Waals surface area (Å²) in [5.41, 5.74) is 0.454. The lowest BCUT2D eigenvalue weighted by atomic mass is 10.00. The normalized spacial score (nSPS) is 22.1. The Hall–Kier alpha value is -1.41. The van der Waals surface area contributed by atoms with Crippen molar-refractivity contribution in [2.45, 2.75) is 28.2 Å². The first-order valence-electron chi connectivity index (χ1n) is 8.29. The van der Waals surface area contributed by atoms with Crippen molar-refractivity contribution in [2.24, 2.45) is 4.99 Å². The summed E-state index contributed by atoms with van der Waals surface area (Å²) in [4.78, 5) is 30.8. The summed E-state index contributed by atoms with van der Waals surface area (Å²) < 4.78 is 9.00. The van der Waals surface area contributed by atoms with Gasteiger partial charge in [-0.25, -0.2) is 4.79 Å². The summed E-state index contributed by atoms with van der Waals surface area (Å²) in [5, 5.41) is 0.369. The predicted octanol–water partition coefficient (Wildman–Crippen LogP) is 3.61. The molecule has 2 aliphatic heterocycles. The first kappa shape index (κ1) is 21.3. The van der Waals surface area contributed by atoms with Gasteiger partial charge in [0, 0.05) is 0 Å². The number of benzene rings is 1. The van der Waals surface area contributed by atoms with Crippen LogP contribution in [0.5, 0.6) is 5.75 Å². The molecule has 10 heteroatoms. The first-order valence-corrected chi connectivity index (χ1v) is 10.3. The number of esters is 1. The molecule has 0 aliphatic carbocycles. The number of rotatable bonds is 7. The van der Waals surface area contributed by atoms with Crippen LogP contribution in [0.4, 0.5) is 0 Å².